The Kier molecular flexibility index (Phi) is 1.70. The molecule has 56 valence electrons. The number of fused-ring (bicyclic) bond motifs is 1. The lowest BCUT2D eigenvalue weighted by Gasteiger charge is -2.14. The first-order chi connectivity index (χ1) is 5.38. The summed E-state index contributed by atoms with van der Waals surface area (Å²) in [6.07, 6.45) is 5.19. The molecule has 0 aromatic carbocycles. The number of hydrogen-bond donors (Lipinski definition) is 0. The molecule has 0 spiro atoms. The number of aromatic nitrogens is 1. The average Bonchev–Trinajstić information content (AvgIpc) is 2.06. The summed E-state index contributed by atoms with van der Waals surface area (Å²) in [4.78, 5) is 5.29. The molecule has 0 unspecified atom stereocenters. The summed E-state index contributed by atoms with van der Waals surface area (Å²) < 4.78 is 0. The van der Waals surface area contributed by atoms with E-state index in [9.17, 15) is 0 Å². The Hall–Kier alpha value is -0.760. The van der Waals surface area contributed by atoms with Gasteiger partial charge < -0.3 is 0 Å². The maximum absolute atomic E-state index is 5.20. The van der Waals surface area contributed by atoms with E-state index in [1.165, 1.54) is 12.0 Å². The number of pyridine rings is 1. The highest BCUT2D eigenvalue weighted by molar-refractivity contribution is 7.80. The van der Waals surface area contributed by atoms with Crippen molar-refractivity contribution in [3.8, 4) is 0 Å². The van der Waals surface area contributed by atoms with Gasteiger partial charge in [-0.15, -0.1) is 0 Å². The summed E-state index contributed by atoms with van der Waals surface area (Å²) in [6.45, 7) is 0. The molecular weight excluding hydrogens is 154 g/mol. The van der Waals surface area contributed by atoms with E-state index in [2.05, 4.69) is 11.1 Å². The zero-order chi connectivity index (χ0) is 7.68. The van der Waals surface area contributed by atoms with Crippen molar-refractivity contribution in [2.24, 2.45) is 0 Å². The zero-order valence-electron chi connectivity index (χ0n) is 6.21. The van der Waals surface area contributed by atoms with Crippen LogP contribution in [0.3, 0.4) is 0 Å². The minimum Gasteiger partial charge on any atom is -0.255 e. The molecular formula is C9H9NS. The molecule has 0 aliphatic heterocycles. The summed E-state index contributed by atoms with van der Waals surface area (Å²) in [5, 5.41) is 0. The van der Waals surface area contributed by atoms with Crippen molar-refractivity contribution in [1.29, 1.82) is 0 Å². The summed E-state index contributed by atoms with van der Waals surface area (Å²) >= 11 is 5.20. The molecule has 1 aromatic heterocycles. The monoisotopic (exact) mass is 163 g/mol. The quantitative estimate of drug-likeness (QED) is 0.543. The second-order valence-electron chi connectivity index (χ2n) is 2.79. The third kappa shape index (κ3) is 1.18. The highest BCUT2D eigenvalue weighted by Gasteiger charge is 2.13. The molecule has 0 atom stereocenters. The second kappa shape index (κ2) is 2.70. The molecule has 0 saturated heterocycles. The summed E-state index contributed by atoms with van der Waals surface area (Å²) in [5.41, 5.74) is 2.39. The Morgan fingerprint density at radius 3 is 3.09 bits per heavy atom. The van der Waals surface area contributed by atoms with E-state index >= 15 is 0 Å². The Morgan fingerprint density at radius 2 is 2.27 bits per heavy atom. The van der Waals surface area contributed by atoms with E-state index in [0.29, 0.717) is 0 Å². The van der Waals surface area contributed by atoms with Crippen molar-refractivity contribution < 1.29 is 0 Å². The number of nitrogens with zero attached hydrogens (tertiary/aromatic N) is 1. The topological polar surface area (TPSA) is 12.9 Å². The average molecular weight is 163 g/mol. The summed E-state index contributed by atoms with van der Waals surface area (Å²) in [5.74, 6) is 0. The zero-order valence-corrected chi connectivity index (χ0v) is 7.03. The molecule has 1 aliphatic rings. The molecule has 0 fully saturated rings. The van der Waals surface area contributed by atoms with Crippen LogP contribution in [0.4, 0.5) is 0 Å². The van der Waals surface area contributed by atoms with E-state index in [1.807, 2.05) is 12.3 Å². The van der Waals surface area contributed by atoms with Gasteiger partial charge in [-0.3, -0.25) is 4.98 Å². The third-order valence-electron chi connectivity index (χ3n) is 2.01. The Bertz CT molecular complexity index is 293. The van der Waals surface area contributed by atoms with Crippen LogP contribution in [-0.2, 0) is 6.42 Å². The Labute approximate surface area is 71.5 Å². The fourth-order valence-corrected chi connectivity index (χ4v) is 1.78. The lowest BCUT2D eigenvalue weighted by Crippen LogP contribution is -2.11. The first kappa shape index (κ1) is 6.92. The highest BCUT2D eigenvalue weighted by atomic mass is 32.1. The van der Waals surface area contributed by atoms with Gasteiger partial charge in [0.15, 0.2) is 0 Å². The summed E-state index contributed by atoms with van der Waals surface area (Å²) in [6, 6.07) is 4.10. The number of hydrogen-bond acceptors (Lipinski definition) is 2. The largest absolute Gasteiger partial charge is 0.255 e. The van der Waals surface area contributed by atoms with E-state index in [-0.39, 0.29) is 0 Å². The second-order valence-corrected chi connectivity index (χ2v) is 3.28. The fourth-order valence-electron chi connectivity index (χ4n) is 1.45. The van der Waals surface area contributed by atoms with Gasteiger partial charge in [-0.2, -0.15) is 0 Å². The van der Waals surface area contributed by atoms with Crippen LogP contribution in [0.2, 0.25) is 0 Å². The van der Waals surface area contributed by atoms with E-state index < -0.39 is 0 Å². The van der Waals surface area contributed by atoms with Gasteiger partial charge >= 0.3 is 0 Å². The van der Waals surface area contributed by atoms with Crippen LogP contribution < -0.4 is 0 Å². The molecule has 2 rings (SSSR count). The van der Waals surface area contributed by atoms with Crippen LogP contribution in [0.5, 0.6) is 0 Å². The van der Waals surface area contributed by atoms with Crippen molar-refractivity contribution >= 4 is 17.1 Å². The predicted octanol–water partition coefficient (Wildman–Crippen LogP) is 2.14. The van der Waals surface area contributed by atoms with Gasteiger partial charge in [-0.1, -0.05) is 18.3 Å². The van der Waals surface area contributed by atoms with Gasteiger partial charge in [0.1, 0.15) is 0 Å². The molecule has 1 aromatic rings. The van der Waals surface area contributed by atoms with Crippen LogP contribution in [0.25, 0.3) is 0 Å². The fraction of sp³-hybridized carbons (Fsp3) is 0.333. The Balaban J connectivity index is 2.52. The lowest BCUT2D eigenvalue weighted by molar-refractivity contribution is 0.835. The van der Waals surface area contributed by atoms with Gasteiger partial charge in [-0.25, -0.2) is 0 Å². The van der Waals surface area contributed by atoms with E-state index in [1.54, 1.807) is 0 Å². The normalized spacial score (nSPS) is 16.2. The number of aryl methyl sites for hydroxylation is 1. The maximum atomic E-state index is 5.20. The molecule has 1 nitrogen and oxygen atoms in total. The van der Waals surface area contributed by atoms with Crippen molar-refractivity contribution in [2.75, 3.05) is 0 Å². The standard InChI is InChI=1S/C9H9NS/c11-8-5-1-3-7-4-2-6-10-9(7)8/h2,4,6H,1,3,5H2. The molecule has 0 saturated carbocycles. The van der Waals surface area contributed by atoms with Gasteiger partial charge in [0.25, 0.3) is 0 Å². The summed E-state index contributed by atoms with van der Waals surface area (Å²) in [7, 11) is 0. The number of rotatable bonds is 0. The van der Waals surface area contributed by atoms with Gasteiger partial charge in [0.2, 0.25) is 0 Å². The molecule has 0 bridgehead atoms. The van der Waals surface area contributed by atoms with Crippen molar-refractivity contribution in [1.82, 2.24) is 4.98 Å². The molecule has 0 N–H and O–H groups in total. The van der Waals surface area contributed by atoms with Crippen molar-refractivity contribution in [3.63, 3.8) is 0 Å². The van der Waals surface area contributed by atoms with Gasteiger partial charge in [0.05, 0.1) is 5.69 Å². The smallest absolute Gasteiger partial charge is 0.0800 e. The highest BCUT2D eigenvalue weighted by Crippen LogP contribution is 2.18. The van der Waals surface area contributed by atoms with E-state index in [4.69, 9.17) is 12.2 Å². The van der Waals surface area contributed by atoms with Crippen LogP contribution in [0.1, 0.15) is 24.1 Å². The molecule has 1 heterocycles. The van der Waals surface area contributed by atoms with Gasteiger partial charge in [-0.05, 0) is 30.9 Å². The van der Waals surface area contributed by atoms with Crippen LogP contribution in [0, 0.1) is 0 Å². The first-order valence-electron chi connectivity index (χ1n) is 3.85. The molecule has 1 aliphatic carbocycles. The lowest BCUT2D eigenvalue weighted by atomic mass is 9.96. The number of thiocarbonyl (C=S) groups is 1. The third-order valence-corrected chi connectivity index (χ3v) is 2.40. The van der Waals surface area contributed by atoms with Crippen LogP contribution in [-0.4, -0.2) is 9.85 Å². The minimum absolute atomic E-state index is 1.03. The first-order valence-corrected chi connectivity index (χ1v) is 4.26. The molecule has 11 heavy (non-hydrogen) atoms. The minimum atomic E-state index is 1.03. The van der Waals surface area contributed by atoms with Crippen LogP contribution >= 0.6 is 12.2 Å². The SMILES string of the molecule is S=C1CCCc2cccnc21. The van der Waals surface area contributed by atoms with E-state index in [0.717, 1.165) is 23.4 Å². The maximum Gasteiger partial charge on any atom is 0.0800 e. The molecule has 0 radical (unpaired) electrons. The molecule has 0 amide bonds. The molecule has 2 heteroatoms. The van der Waals surface area contributed by atoms with Gasteiger partial charge in [0, 0.05) is 11.1 Å². The van der Waals surface area contributed by atoms with Crippen molar-refractivity contribution in [3.05, 3.63) is 29.6 Å². The predicted molar refractivity (Wildman–Crippen MR) is 48.9 cm³/mol. The van der Waals surface area contributed by atoms with Crippen molar-refractivity contribution in [2.45, 2.75) is 19.3 Å². The Morgan fingerprint density at radius 1 is 1.36 bits per heavy atom. The van der Waals surface area contributed by atoms with Crippen LogP contribution in [0.15, 0.2) is 18.3 Å².